The van der Waals surface area contributed by atoms with E-state index >= 15 is 0 Å². The highest BCUT2D eigenvalue weighted by atomic mass is 16.6. The van der Waals surface area contributed by atoms with Crippen molar-refractivity contribution < 1.29 is 19.1 Å². The summed E-state index contributed by atoms with van der Waals surface area (Å²) in [6, 6.07) is 7.22. The van der Waals surface area contributed by atoms with Gasteiger partial charge in [0.05, 0.1) is 0 Å². The number of alkyl carbamates (subject to hydrolysis) is 1. The number of allylic oxidation sites excluding steroid dienone is 1. The Labute approximate surface area is 178 Å². The molecule has 0 atom stereocenters. The van der Waals surface area contributed by atoms with Crippen molar-refractivity contribution in [1.29, 1.82) is 0 Å². The van der Waals surface area contributed by atoms with E-state index in [1.165, 1.54) is 25.7 Å². The fraction of sp³-hybridized carbons (Fsp3) is 0.522. The fourth-order valence-electron chi connectivity index (χ4n) is 3.38. The number of ether oxygens (including phenoxy) is 1. The average molecular weight is 416 g/mol. The van der Waals surface area contributed by atoms with Crippen LogP contribution in [-0.2, 0) is 20.9 Å². The Morgan fingerprint density at radius 2 is 1.83 bits per heavy atom. The zero-order valence-electron chi connectivity index (χ0n) is 18.3. The Morgan fingerprint density at radius 1 is 1.13 bits per heavy atom. The summed E-state index contributed by atoms with van der Waals surface area (Å²) in [7, 11) is 0. The largest absolute Gasteiger partial charge is 0.444 e. The third-order valence-electron chi connectivity index (χ3n) is 4.83. The molecule has 0 saturated heterocycles. The van der Waals surface area contributed by atoms with Crippen LogP contribution in [0.5, 0.6) is 0 Å². The third kappa shape index (κ3) is 8.68. The molecule has 164 valence electrons. The highest BCUT2D eigenvalue weighted by Crippen LogP contribution is 2.30. The lowest BCUT2D eigenvalue weighted by atomic mass is 9.99. The van der Waals surface area contributed by atoms with E-state index in [9.17, 15) is 14.4 Å². The minimum Gasteiger partial charge on any atom is -0.444 e. The molecule has 7 heteroatoms. The lowest BCUT2D eigenvalue weighted by molar-refractivity contribution is -0.117. The normalized spacial score (nSPS) is 14.9. The Morgan fingerprint density at radius 3 is 2.50 bits per heavy atom. The maximum absolute atomic E-state index is 12.2. The Kier molecular flexibility index (Phi) is 8.45. The molecule has 1 aliphatic carbocycles. The van der Waals surface area contributed by atoms with E-state index in [0.29, 0.717) is 18.2 Å². The molecule has 3 amide bonds. The Hall–Kier alpha value is -2.83. The van der Waals surface area contributed by atoms with Gasteiger partial charge in [-0.1, -0.05) is 30.5 Å². The van der Waals surface area contributed by atoms with Crippen molar-refractivity contribution in [1.82, 2.24) is 10.6 Å². The van der Waals surface area contributed by atoms with Crippen LogP contribution in [0.1, 0.15) is 58.9 Å². The van der Waals surface area contributed by atoms with Crippen LogP contribution in [0.2, 0.25) is 0 Å². The predicted octanol–water partition coefficient (Wildman–Crippen LogP) is 3.90. The van der Waals surface area contributed by atoms with Gasteiger partial charge in [-0.25, -0.2) is 4.79 Å². The molecule has 0 spiro atoms. The molecule has 0 bridgehead atoms. The van der Waals surface area contributed by atoms with Crippen molar-refractivity contribution in [3.05, 3.63) is 41.5 Å². The topological polar surface area (TPSA) is 96.5 Å². The summed E-state index contributed by atoms with van der Waals surface area (Å²) >= 11 is 0. The summed E-state index contributed by atoms with van der Waals surface area (Å²) in [6.45, 7) is 7.46. The van der Waals surface area contributed by atoms with Crippen LogP contribution in [0.3, 0.4) is 0 Å². The SMILES string of the molecule is C/C(=C\C(=O)NCc1cccc(NC(=O)CNC(=O)OC(C)(C)C)c1)C1CCCC1. The molecule has 30 heavy (non-hydrogen) atoms. The van der Waals surface area contributed by atoms with E-state index < -0.39 is 11.7 Å². The van der Waals surface area contributed by atoms with Crippen LogP contribution < -0.4 is 16.0 Å². The maximum Gasteiger partial charge on any atom is 0.408 e. The van der Waals surface area contributed by atoms with Gasteiger partial charge < -0.3 is 20.7 Å². The molecule has 0 radical (unpaired) electrons. The van der Waals surface area contributed by atoms with E-state index in [-0.39, 0.29) is 18.4 Å². The van der Waals surface area contributed by atoms with Crippen LogP contribution in [0.25, 0.3) is 0 Å². The van der Waals surface area contributed by atoms with E-state index in [4.69, 9.17) is 4.74 Å². The summed E-state index contributed by atoms with van der Waals surface area (Å²) in [5.74, 6) is 0.0659. The van der Waals surface area contributed by atoms with Crippen LogP contribution in [0.4, 0.5) is 10.5 Å². The molecule has 0 aliphatic heterocycles. The Bertz CT molecular complexity index is 790. The molecule has 1 aliphatic rings. The highest BCUT2D eigenvalue weighted by molar-refractivity contribution is 5.94. The number of amides is 3. The first-order chi connectivity index (χ1) is 14.1. The van der Waals surface area contributed by atoms with Gasteiger partial charge in [-0.15, -0.1) is 0 Å². The quantitative estimate of drug-likeness (QED) is 0.589. The minimum atomic E-state index is -0.643. The highest BCUT2D eigenvalue weighted by Gasteiger charge is 2.18. The lowest BCUT2D eigenvalue weighted by Gasteiger charge is -2.19. The first kappa shape index (κ1) is 23.4. The maximum atomic E-state index is 12.2. The van der Waals surface area contributed by atoms with Gasteiger partial charge in [0.2, 0.25) is 11.8 Å². The average Bonchev–Trinajstić information content (AvgIpc) is 3.19. The minimum absolute atomic E-state index is 0.101. The molecule has 0 aromatic heterocycles. The Balaban J connectivity index is 1.79. The van der Waals surface area contributed by atoms with Crippen molar-refractivity contribution in [2.45, 2.75) is 65.5 Å². The van der Waals surface area contributed by atoms with Crippen molar-refractivity contribution in [3.63, 3.8) is 0 Å². The van der Waals surface area contributed by atoms with Crippen molar-refractivity contribution in [2.24, 2.45) is 5.92 Å². The lowest BCUT2D eigenvalue weighted by Crippen LogP contribution is -2.37. The molecule has 3 N–H and O–H groups in total. The number of anilines is 1. The van der Waals surface area contributed by atoms with E-state index in [1.54, 1.807) is 45.0 Å². The van der Waals surface area contributed by atoms with Crippen LogP contribution >= 0.6 is 0 Å². The zero-order valence-corrected chi connectivity index (χ0v) is 18.3. The molecule has 0 heterocycles. The van der Waals surface area contributed by atoms with Gasteiger partial charge in [-0.05, 0) is 64.2 Å². The second-order valence-corrected chi connectivity index (χ2v) is 8.69. The van der Waals surface area contributed by atoms with E-state index in [1.807, 2.05) is 13.0 Å². The number of hydrogen-bond donors (Lipinski definition) is 3. The third-order valence-corrected chi connectivity index (χ3v) is 4.83. The van der Waals surface area contributed by atoms with Crippen LogP contribution in [0.15, 0.2) is 35.9 Å². The van der Waals surface area contributed by atoms with Crippen molar-refractivity contribution in [2.75, 3.05) is 11.9 Å². The number of rotatable bonds is 7. The molecule has 1 aromatic rings. The standard InChI is InChI=1S/C23H33N3O4/c1-16(18-9-5-6-10-18)12-20(27)24-14-17-8-7-11-19(13-17)26-21(28)15-25-22(29)30-23(2,3)4/h7-8,11-13,18H,5-6,9-10,14-15H2,1-4H3,(H,24,27)(H,25,29)(H,26,28)/b16-12+. The van der Waals surface area contributed by atoms with Crippen LogP contribution in [0, 0.1) is 5.92 Å². The fourth-order valence-corrected chi connectivity index (χ4v) is 3.38. The molecule has 2 rings (SSSR count). The molecule has 1 saturated carbocycles. The molecule has 7 nitrogen and oxygen atoms in total. The number of carbonyl (C=O) groups is 3. The zero-order chi connectivity index (χ0) is 22.1. The molecular formula is C23H33N3O4. The molecular weight excluding hydrogens is 382 g/mol. The summed E-state index contributed by atoms with van der Waals surface area (Å²) in [6.07, 6.45) is 5.87. The summed E-state index contributed by atoms with van der Waals surface area (Å²) in [5.41, 5.74) is 1.98. The predicted molar refractivity (Wildman–Crippen MR) is 117 cm³/mol. The molecule has 1 fully saturated rings. The summed E-state index contributed by atoms with van der Waals surface area (Å²) in [5, 5.41) is 8.04. The second-order valence-electron chi connectivity index (χ2n) is 8.69. The monoisotopic (exact) mass is 415 g/mol. The van der Waals surface area contributed by atoms with Gasteiger partial charge in [-0.3, -0.25) is 9.59 Å². The molecule has 1 aromatic carbocycles. The van der Waals surface area contributed by atoms with E-state index in [2.05, 4.69) is 16.0 Å². The first-order valence-electron chi connectivity index (χ1n) is 10.4. The van der Waals surface area contributed by atoms with Crippen LogP contribution in [-0.4, -0.2) is 30.1 Å². The summed E-state index contributed by atoms with van der Waals surface area (Å²) < 4.78 is 5.10. The van der Waals surface area contributed by atoms with Gasteiger partial charge in [0, 0.05) is 18.3 Å². The van der Waals surface area contributed by atoms with Gasteiger partial charge in [0.25, 0.3) is 0 Å². The van der Waals surface area contributed by atoms with Gasteiger partial charge >= 0.3 is 6.09 Å². The van der Waals surface area contributed by atoms with E-state index in [0.717, 1.165) is 11.1 Å². The number of nitrogens with one attached hydrogen (secondary N) is 3. The van der Waals surface area contributed by atoms with Gasteiger partial charge in [0.1, 0.15) is 12.1 Å². The first-order valence-corrected chi connectivity index (χ1v) is 10.4. The van der Waals surface area contributed by atoms with Gasteiger partial charge in [0.15, 0.2) is 0 Å². The molecule has 0 unspecified atom stereocenters. The number of carbonyl (C=O) groups excluding carboxylic acids is 3. The number of benzene rings is 1. The summed E-state index contributed by atoms with van der Waals surface area (Å²) in [4.78, 5) is 35.9. The smallest absolute Gasteiger partial charge is 0.408 e. The second kappa shape index (κ2) is 10.8. The number of hydrogen-bond acceptors (Lipinski definition) is 4. The van der Waals surface area contributed by atoms with Gasteiger partial charge in [-0.2, -0.15) is 0 Å². The van der Waals surface area contributed by atoms with Crippen molar-refractivity contribution in [3.8, 4) is 0 Å². The van der Waals surface area contributed by atoms with Crippen molar-refractivity contribution >= 4 is 23.6 Å².